The largest absolute Gasteiger partial charge is 0.398 e. The third kappa shape index (κ3) is 3.10. The molecule has 1 aliphatic heterocycles. The molecule has 4 heteroatoms. The topological polar surface area (TPSA) is 46.3 Å². The minimum atomic E-state index is 0.0828. The Bertz CT molecular complexity index is 528. The molecule has 3 rings (SSSR count). The van der Waals surface area contributed by atoms with Gasteiger partial charge in [-0.1, -0.05) is 35.2 Å². The molecule has 0 radical (unpaired) electrons. The van der Waals surface area contributed by atoms with Crippen molar-refractivity contribution in [2.24, 2.45) is 5.41 Å². The van der Waals surface area contributed by atoms with E-state index in [0.717, 1.165) is 30.4 Å². The molecule has 0 atom stereocenters. The maximum absolute atomic E-state index is 12.7. The van der Waals surface area contributed by atoms with E-state index in [0.29, 0.717) is 16.7 Å². The average molecular weight is 351 g/mol. The van der Waals surface area contributed by atoms with E-state index in [-0.39, 0.29) is 5.91 Å². The lowest BCUT2D eigenvalue weighted by atomic mass is 9.68. The van der Waals surface area contributed by atoms with Gasteiger partial charge in [0.05, 0.1) is 5.56 Å². The number of halogens is 1. The second kappa shape index (κ2) is 5.99. The lowest BCUT2D eigenvalue weighted by molar-refractivity contribution is 0.0473. The summed E-state index contributed by atoms with van der Waals surface area (Å²) in [5, 5.41) is 0. The Balaban J connectivity index is 1.69. The summed E-state index contributed by atoms with van der Waals surface area (Å²) in [6, 6.07) is 5.51. The average Bonchev–Trinajstić information content (AvgIpc) is 2.51. The fourth-order valence-electron chi connectivity index (χ4n) is 3.87. The quantitative estimate of drug-likeness (QED) is 0.770. The van der Waals surface area contributed by atoms with Gasteiger partial charge in [-0.3, -0.25) is 4.79 Å². The summed E-state index contributed by atoms with van der Waals surface area (Å²) in [5.74, 6) is 0.0828. The van der Waals surface area contributed by atoms with E-state index in [9.17, 15) is 4.79 Å². The molecule has 21 heavy (non-hydrogen) atoms. The van der Waals surface area contributed by atoms with Crippen LogP contribution in [-0.2, 0) is 0 Å². The molecule has 1 amide bonds. The number of hydrogen-bond acceptors (Lipinski definition) is 2. The van der Waals surface area contributed by atoms with Crippen molar-refractivity contribution < 1.29 is 4.79 Å². The van der Waals surface area contributed by atoms with E-state index in [1.54, 1.807) is 6.07 Å². The fourth-order valence-corrected chi connectivity index (χ4v) is 4.23. The minimum Gasteiger partial charge on any atom is -0.398 e. The number of nitrogen functional groups attached to an aromatic ring is 1. The second-order valence-electron chi connectivity index (χ2n) is 6.58. The molecule has 1 spiro atoms. The first-order valence-corrected chi connectivity index (χ1v) is 8.73. The lowest BCUT2D eigenvalue weighted by Crippen LogP contribution is -2.44. The Morgan fingerprint density at radius 1 is 1.10 bits per heavy atom. The van der Waals surface area contributed by atoms with Crippen molar-refractivity contribution in [1.29, 1.82) is 0 Å². The minimum absolute atomic E-state index is 0.0828. The van der Waals surface area contributed by atoms with Gasteiger partial charge in [-0.25, -0.2) is 0 Å². The molecule has 0 aromatic heterocycles. The standard InChI is InChI=1S/C17H23BrN2O/c18-13-4-5-15(19)14(12-13)16(21)20-10-8-17(9-11-20)6-2-1-3-7-17/h4-5,12H,1-3,6-11,19H2. The molecular weight excluding hydrogens is 328 g/mol. The summed E-state index contributed by atoms with van der Waals surface area (Å²) in [6.07, 6.45) is 9.15. The zero-order valence-electron chi connectivity index (χ0n) is 12.4. The highest BCUT2D eigenvalue weighted by Gasteiger charge is 2.36. The highest BCUT2D eigenvalue weighted by Crippen LogP contribution is 2.44. The first kappa shape index (κ1) is 14.9. The fraction of sp³-hybridized carbons (Fsp3) is 0.588. The molecule has 2 fully saturated rings. The molecule has 1 saturated carbocycles. The maximum atomic E-state index is 12.7. The van der Waals surface area contributed by atoms with Crippen LogP contribution in [0.3, 0.4) is 0 Å². The lowest BCUT2D eigenvalue weighted by Gasteiger charge is -2.44. The third-order valence-corrected chi connectivity index (χ3v) is 5.76. The number of likely N-dealkylation sites (tertiary alicyclic amines) is 1. The van der Waals surface area contributed by atoms with Crippen LogP contribution in [0.25, 0.3) is 0 Å². The zero-order valence-corrected chi connectivity index (χ0v) is 14.0. The highest BCUT2D eigenvalue weighted by atomic mass is 79.9. The number of rotatable bonds is 1. The van der Waals surface area contributed by atoms with E-state index < -0.39 is 0 Å². The van der Waals surface area contributed by atoms with Crippen LogP contribution in [0.5, 0.6) is 0 Å². The summed E-state index contributed by atoms with van der Waals surface area (Å²) >= 11 is 3.42. The van der Waals surface area contributed by atoms with Crippen LogP contribution in [-0.4, -0.2) is 23.9 Å². The number of carbonyl (C=O) groups is 1. The van der Waals surface area contributed by atoms with Crippen molar-refractivity contribution in [3.63, 3.8) is 0 Å². The Kier molecular flexibility index (Phi) is 4.25. The van der Waals surface area contributed by atoms with E-state index in [2.05, 4.69) is 15.9 Å². The van der Waals surface area contributed by atoms with Gasteiger partial charge in [0.15, 0.2) is 0 Å². The van der Waals surface area contributed by atoms with E-state index in [1.807, 2.05) is 17.0 Å². The van der Waals surface area contributed by atoms with Crippen LogP contribution in [0.4, 0.5) is 5.69 Å². The van der Waals surface area contributed by atoms with Gasteiger partial charge in [0.25, 0.3) is 5.91 Å². The number of carbonyl (C=O) groups excluding carboxylic acids is 1. The predicted octanol–water partition coefficient (Wildman–Crippen LogP) is 4.22. The number of nitrogens with zero attached hydrogens (tertiary/aromatic N) is 1. The van der Waals surface area contributed by atoms with Crippen LogP contribution in [0.15, 0.2) is 22.7 Å². The molecule has 1 aliphatic carbocycles. The summed E-state index contributed by atoms with van der Waals surface area (Å²) in [6.45, 7) is 1.76. The third-order valence-electron chi connectivity index (χ3n) is 5.27. The van der Waals surface area contributed by atoms with Crippen molar-refractivity contribution in [3.8, 4) is 0 Å². The van der Waals surface area contributed by atoms with Gasteiger partial charge >= 0.3 is 0 Å². The van der Waals surface area contributed by atoms with Crippen LogP contribution in [0, 0.1) is 5.41 Å². The first-order valence-electron chi connectivity index (χ1n) is 7.94. The zero-order chi connectivity index (χ0) is 14.9. The monoisotopic (exact) mass is 350 g/mol. The SMILES string of the molecule is Nc1ccc(Br)cc1C(=O)N1CCC2(CCCCC2)CC1. The molecule has 1 aromatic carbocycles. The molecule has 114 valence electrons. The van der Waals surface area contributed by atoms with Gasteiger partial charge in [-0.15, -0.1) is 0 Å². The van der Waals surface area contributed by atoms with E-state index in [4.69, 9.17) is 5.73 Å². The Morgan fingerprint density at radius 3 is 2.43 bits per heavy atom. The van der Waals surface area contributed by atoms with Crippen LogP contribution in [0.2, 0.25) is 0 Å². The highest BCUT2D eigenvalue weighted by molar-refractivity contribution is 9.10. The number of nitrogens with two attached hydrogens (primary N) is 1. The van der Waals surface area contributed by atoms with Gasteiger partial charge in [-0.05, 0) is 49.3 Å². The molecule has 2 aliphatic rings. The van der Waals surface area contributed by atoms with E-state index >= 15 is 0 Å². The summed E-state index contributed by atoms with van der Waals surface area (Å²) < 4.78 is 0.904. The number of piperidine rings is 1. The summed E-state index contributed by atoms with van der Waals surface area (Å²) in [5.41, 5.74) is 7.69. The molecule has 1 heterocycles. The maximum Gasteiger partial charge on any atom is 0.255 e. The molecule has 0 bridgehead atoms. The van der Waals surface area contributed by atoms with Gasteiger partial charge < -0.3 is 10.6 Å². The molecule has 2 N–H and O–H groups in total. The Hall–Kier alpha value is -1.03. The van der Waals surface area contributed by atoms with Crippen molar-refractivity contribution in [2.45, 2.75) is 44.9 Å². The van der Waals surface area contributed by atoms with Crippen molar-refractivity contribution >= 4 is 27.5 Å². The second-order valence-corrected chi connectivity index (χ2v) is 7.50. The van der Waals surface area contributed by atoms with Crippen molar-refractivity contribution in [3.05, 3.63) is 28.2 Å². The molecule has 1 aromatic rings. The van der Waals surface area contributed by atoms with E-state index in [1.165, 1.54) is 32.1 Å². The molecule has 0 unspecified atom stereocenters. The number of hydrogen-bond donors (Lipinski definition) is 1. The van der Waals surface area contributed by atoms with Gasteiger partial charge in [0.2, 0.25) is 0 Å². The Labute approximate surface area is 135 Å². The van der Waals surface area contributed by atoms with Crippen molar-refractivity contribution in [2.75, 3.05) is 18.8 Å². The normalized spacial score (nSPS) is 21.5. The smallest absolute Gasteiger partial charge is 0.255 e. The number of benzene rings is 1. The molecular formula is C17H23BrN2O. The predicted molar refractivity (Wildman–Crippen MR) is 89.2 cm³/mol. The first-order chi connectivity index (χ1) is 10.1. The number of amides is 1. The van der Waals surface area contributed by atoms with Gasteiger partial charge in [0.1, 0.15) is 0 Å². The number of anilines is 1. The molecule has 1 saturated heterocycles. The van der Waals surface area contributed by atoms with Gasteiger partial charge in [-0.2, -0.15) is 0 Å². The summed E-state index contributed by atoms with van der Waals surface area (Å²) in [7, 11) is 0. The molecule has 3 nitrogen and oxygen atoms in total. The van der Waals surface area contributed by atoms with Crippen LogP contribution in [0.1, 0.15) is 55.3 Å². The summed E-state index contributed by atoms with van der Waals surface area (Å²) in [4.78, 5) is 14.7. The van der Waals surface area contributed by atoms with Crippen LogP contribution < -0.4 is 5.73 Å². The Morgan fingerprint density at radius 2 is 1.76 bits per heavy atom. The van der Waals surface area contributed by atoms with Crippen molar-refractivity contribution in [1.82, 2.24) is 4.90 Å². The van der Waals surface area contributed by atoms with Crippen LogP contribution >= 0.6 is 15.9 Å². The van der Waals surface area contributed by atoms with Gasteiger partial charge in [0, 0.05) is 23.2 Å².